The zero-order valence-electron chi connectivity index (χ0n) is 11.1. The summed E-state index contributed by atoms with van der Waals surface area (Å²) in [5.74, 6) is 1.41. The molecular weight excluding hydrogens is 246 g/mol. The lowest BCUT2D eigenvalue weighted by molar-refractivity contribution is -0.134. The van der Waals surface area contributed by atoms with Gasteiger partial charge in [-0.1, -0.05) is 25.7 Å². The van der Waals surface area contributed by atoms with Crippen molar-refractivity contribution in [2.45, 2.75) is 62.7 Å². The molecule has 2 rings (SSSR count). The van der Waals surface area contributed by atoms with Crippen molar-refractivity contribution < 1.29 is 9.90 Å². The first-order chi connectivity index (χ1) is 8.83. The number of hydrogen-bond acceptors (Lipinski definition) is 3. The van der Waals surface area contributed by atoms with Crippen LogP contribution in [0.25, 0.3) is 0 Å². The summed E-state index contributed by atoms with van der Waals surface area (Å²) < 4.78 is 0. The highest BCUT2D eigenvalue weighted by Gasteiger charge is 2.31. The molecule has 1 saturated heterocycles. The van der Waals surface area contributed by atoms with Crippen molar-refractivity contribution in [1.82, 2.24) is 4.90 Å². The van der Waals surface area contributed by atoms with Crippen LogP contribution in [0.1, 0.15) is 51.4 Å². The van der Waals surface area contributed by atoms with Crippen LogP contribution in [-0.4, -0.2) is 46.1 Å². The maximum Gasteiger partial charge on any atom is 0.236 e. The lowest BCUT2D eigenvalue weighted by Crippen LogP contribution is -2.47. The highest BCUT2D eigenvalue weighted by atomic mass is 32.2. The molecule has 1 aliphatic heterocycles. The van der Waals surface area contributed by atoms with Gasteiger partial charge in [-0.05, 0) is 31.4 Å². The van der Waals surface area contributed by atoms with Crippen LogP contribution in [0, 0.1) is 0 Å². The number of carbonyl (C=O) groups is 1. The van der Waals surface area contributed by atoms with Gasteiger partial charge in [0.25, 0.3) is 0 Å². The highest BCUT2D eigenvalue weighted by Crippen LogP contribution is 2.29. The number of thioether (sulfide) groups is 1. The van der Waals surface area contributed by atoms with Crippen molar-refractivity contribution in [3.05, 3.63) is 0 Å². The van der Waals surface area contributed by atoms with Gasteiger partial charge < -0.3 is 10.0 Å². The smallest absolute Gasteiger partial charge is 0.236 e. The van der Waals surface area contributed by atoms with Crippen molar-refractivity contribution in [3.63, 3.8) is 0 Å². The fourth-order valence-electron chi connectivity index (χ4n) is 3.09. The molecule has 0 bridgehead atoms. The van der Waals surface area contributed by atoms with E-state index in [1.165, 1.54) is 32.1 Å². The molecule has 0 radical (unpaired) electrons. The predicted molar refractivity (Wildman–Crippen MR) is 75.8 cm³/mol. The molecule has 1 N–H and O–H groups in total. The third-order valence-electron chi connectivity index (χ3n) is 4.09. The van der Waals surface area contributed by atoms with Crippen LogP contribution in [0.3, 0.4) is 0 Å². The number of carbonyl (C=O) groups excluding carboxylic acids is 1. The second-order valence-electron chi connectivity index (χ2n) is 5.40. The SMILES string of the molecule is O=C(C1CCCCS1)N(CCO)C1CCCCC1. The summed E-state index contributed by atoms with van der Waals surface area (Å²) in [6, 6.07) is 0.390. The van der Waals surface area contributed by atoms with E-state index < -0.39 is 0 Å². The van der Waals surface area contributed by atoms with E-state index in [2.05, 4.69) is 0 Å². The average molecular weight is 271 g/mol. The maximum absolute atomic E-state index is 12.6. The quantitative estimate of drug-likeness (QED) is 0.853. The fourth-order valence-corrected chi connectivity index (χ4v) is 4.36. The lowest BCUT2D eigenvalue weighted by Gasteiger charge is -2.36. The molecule has 1 heterocycles. The first-order valence-corrected chi connectivity index (χ1v) is 8.40. The molecule has 2 fully saturated rings. The number of amides is 1. The minimum Gasteiger partial charge on any atom is -0.395 e. The Labute approximate surface area is 114 Å². The second-order valence-corrected chi connectivity index (χ2v) is 6.71. The minimum atomic E-state index is 0.0969. The van der Waals surface area contributed by atoms with Gasteiger partial charge in [-0.2, -0.15) is 0 Å². The molecule has 1 unspecified atom stereocenters. The number of aliphatic hydroxyl groups is 1. The van der Waals surface area contributed by atoms with Crippen molar-refractivity contribution in [3.8, 4) is 0 Å². The van der Waals surface area contributed by atoms with Gasteiger partial charge in [0, 0.05) is 12.6 Å². The molecule has 1 aliphatic carbocycles. The monoisotopic (exact) mass is 271 g/mol. The molecule has 2 aliphatic rings. The zero-order chi connectivity index (χ0) is 12.8. The minimum absolute atomic E-state index is 0.0969. The van der Waals surface area contributed by atoms with Gasteiger partial charge >= 0.3 is 0 Å². The van der Waals surface area contributed by atoms with Crippen molar-refractivity contribution in [1.29, 1.82) is 0 Å². The Hall–Kier alpha value is -0.220. The molecule has 18 heavy (non-hydrogen) atoms. The molecule has 0 aromatic heterocycles. The van der Waals surface area contributed by atoms with E-state index in [0.29, 0.717) is 18.5 Å². The average Bonchev–Trinajstić information content (AvgIpc) is 2.46. The van der Waals surface area contributed by atoms with Crippen molar-refractivity contribution >= 4 is 17.7 Å². The second kappa shape index (κ2) is 7.39. The Kier molecular flexibility index (Phi) is 5.83. The van der Waals surface area contributed by atoms with Crippen LogP contribution >= 0.6 is 11.8 Å². The van der Waals surface area contributed by atoms with E-state index in [4.69, 9.17) is 0 Å². The van der Waals surface area contributed by atoms with Crippen molar-refractivity contribution in [2.24, 2.45) is 0 Å². The lowest BCUT2D eigenvalue weighted by atomic mass is 9.93. The van der Waals surface area contributed by atoms with Crippen LogP contribution in [0.5, 0.6) is 0 Å². The number of aliphatic hydroxyl groups excluding tert-OH is 1. The van der Waals surface area contributed by atoms with E-state index in [1.807, 2.05) is 16.7 Å². The van der Waals surface area contributed by atoms with Gasteiger partial charge in [0.15, 0.2) is 0 Å². The largest absolute Gasteiger partial charge is 0.395 e. The Balaban J connectivity index is 1.96. The highest BCUT2D eigenvalue weighted by molar-refractivity contribution is 8.00. The summed E-state index contributed by atoms with van der Waals surface area (Å²) >= 11 is 1.82. The molecular formula is C14H25NO2S. The van der Waals surface area contributed by atoms with Crippen LogP contribution in [0.4, 0.5) is 0 Å². The van der Waals surface area contributed by atoms with Gasteiger partial charge in [-0.15, -0.1) is 11.8 Å². The molecule has 1 saturated carbocycles. The topological polar surface area (TPSA) is 40.5 Å². The first kappa shape index (κ1) is 14.2. The molecule has 0 aromatic rings. The number of rotatable bonds is 4. The van der Waals surface area contributed by atoms with Gasteiger partial charge in [0.05, 0.1) is 11.9 Å². The summed E-state index contributed by atoms with van der Waals surface area (Å²) in [4.78, 5) is 14.6. The number of nitrogens with zero attached hydrogens (tertiary/aromatic N) is 1. The van der Waals surface area contributed by atoms with E-state index >= 15 is 0 Å². The third-order valence-corrected chi connectivity index (χ3v) is 5.46. The van der Waals surface area contributed by atoms with Gasteiger partial charge in [0.2, 0.25) is 5.91 Å². The van der Waals surface area contributed by atoms with E-state index in [0.717, 1.165) is 25.0 Å². The Morgan fingerprint density at radius 3 is 2.44 bits per heavy atom. The van der Waals surface area contributed by atoms with E-state index in [-0.39, 0.29) is 11.9 Å². The summed E-state index contributed by atoms with van der Waals surface area (Å²) in [5, 5.41) is 9.37. The molecule has 0 aromatic carbocycles. The normalized spacial score (nSPS) is 25.9. The van der Waals surface area contributed by atoms with Crippen molar-refractivity contribution in [2.75, 3.05) is 18.9 Å². The maximum atomic E-state index is 12.6. The molecule has 3 nitrogen and oxygen atoms in total. The Morgan fingerprint density at radius 1 is 1.11 bits per heavy atom. The van der Waals surface area contributed by atoms with Gasteiger partial charge in [0.1, 0.15) is 0 Å². The van der Waals surface area contributed by atoms with E-state index in [9.17, 15) is 9.90 Å². The summed E-state index contributed by atoms with van der Waals surface area (Å²) in [7, 11) is 0. The Bertz CT molecular complexity index is 261. The molecule has 1 amide bonds. The summed E-state index contributed by atoms with van der Waals surface area (Å²) in [5.41, 5.74) is 0. The predicted octanol–water partition coefficient (Wildman–Crippen LogP) is 2.43. The fraction of sp³-hybridized carbons (Fsp3) is 0.929. The van der Waals surface area contributed by atoms with Crippen LogP contribution in [0.15, 0.2) is 0 Å². The Morgan fingerprint density at radius 2 is 1.83 bits per heavy atom. The summed E-state index contributed by atoms with van der Waals surface area (Å²) in [6.07, 6.45) is 9.48. The van der Waals surface area contributed by atoms with Gasteiger partial charge in [-0.3, -0.25) is 4.79 Å². The van der Waals surface area contributed by atoms with Gasteiger partial charge in [-0.25, -0.2) is 0 Å². The molecule has 4 heteroatoms. The molecule has 1 atom stereocenters. The standard InChI is InChI=1S/C14H25NO2S/c16-10-9-15(12-6-2-1-3-7-12)14(17)13-8-4-5-11-18-13/h12-13,16H,1-11H2. The zero-order valence-corrected chi connectivity index (χ0v) is 12.0. The van der Waals surface area contributed by atoms with Crippen LogP contribution < -0.4 is 0 Å². The summed E-state index contributed by atoms with van der Waals surface area (Å²) in [6.45, 7) is 0.625. The first-order valence-electron chi connectivity index (χ1n) is 7.36. The molecule has 0 spiro atoms. The molecule has 104 valence electrons. The van der Waals surface area contributed by atoms with Crippen LogP contribution in [0.2, 0.25) is 0 Å². The number of hydrogen-bond donors (Lipinski definition) is 1. The third kappa shape index (κ3) is 3.64. The van der Waals surface area contributed by atoms with Crippen LogP contribution in [-0.2, 0) is 4.79 Å². The van der Waals surface area contributed by atoms with E-state index in [1.54, 1.807) is 0 Å².